The van der Waals surface area contributed by atoms with Crippen molar-refractivity contribution in [2.75, 3.05) is 12.3 Å². The zero-order valence-corrected chi connectivity index (χ0v) is 9.35. The van der Waals surface area contributed by atoms with Crippen molar-refractivity contribution in [3.63, 3.8) is 0 Å². The average Bonchev–Trinajstić information content (AvgIpc) is 2.35. The molecule has 0 aromatic carbocycles. The van der Waals surface area contributed by atoms with Gasteiger partial charge in [0.1, 0.15) is 18.3 Å². The molecule has 8 N–H and O–H groups in total. The predicted octanol–water partition coefficient (Wildman–Crippen LogP) is -2.40. The maximum atomic E-state index is 9.76. The van der Waals surface area contributed by atoms with Gasteiger partial charge in [-0.15, -0.1) is 0 Å². The summed E-state index contributed by atoms with van der Waals surface area (Å²) in [5, 5.41) is 28.1. The fraction of sp³-hybridized carbons (Fsp3) is 0.333. The Bertz CT molecular complexity index is 492. The Kier molecular flexibility index (Phi) is 4.36. The van der Waals surface area contributed by atoms with Crippen molar-refractivity contribution in [2.45, 2.75) is 12.2 Å². The zero-order valence-electron chi connectivity index (χ0n) is 9.35. The van der Waals surface area contributed by atoms with Gasteiger partial charge in [-0.2, -0.15) is 5.26 Å². The van der Waals surface area contributed by atoms with Crippen molar-refractivity contribution in [3.8, 4) is 6.07 Å². The van der Waals surface area contributed by atoms with Crippen molar-refractivity contribution in [3.05, 3.63) is 17.6 Å². The van der Waals surface area contributed by atoms with Crippen molar-refractivity contribution >= 4 is 11.8 Å². The van der Waals surface area contributed by atoms with Gasteiger partial charge in [-0.1, -0.05) is 0 Å². The number of guanidine groups is 1. The second-order valence-corrected chi connectivity index (χ2v) is 3.42. The maximum Gasteiger partial charge on any atom is 0.186 e. The number of nitrogens with zero attached hydrogens (tertiary/aromatic N) is 4. The molecule has 0 radical (unpaired) electrons. The summed E-state index contributed by atoms with van der Waals surface area (Å²) in [6.45, 7) is -0.197. The number of anilines is 1. The molecule has 0 unspecified atom stereocenters. The minimum absolute atomic E-state index is 0.0130. The quantitative estimate of drug-likeness (QED) is 0.290. The summed E-state index contributed by atoms with van der Waals surface area (Å²) in [5.74, 6) is -0.255. The van der Waals surface area contributed by atoms with E-state index in [4.69, 9.17) is 22.5 Å². The highest BCUT2D eigenvalue weighted by atomic mass is 16.3. The fourth-order valence-electron chi connectivity index (χ4n) is 1.13. The maximum absolute atomic E-state index is 9.76. The van der Waals surface area contributed by atoms with Crippen molar-refractivity contribution in [1.82, 2.24) is 9.97 Å². The lowest BCUT2D eigenvalue weighted by Crippen LogP contribution is -2.28. The molecule has 0 fully saturated rings. The first-order valence-corrected chi connectivity index (χ1v) is 4.89. The van der Waals surface area contributed by atoms with Crippen LogP contribution < -0.4 is 17.2 Å². The molecule has 0 bridgehead atoms. The van der Waals surface area contributed by atoms with E-state index in [2.05, 4.69) is 15.0 Å². The number of aromatic nitrogens is 2. The van der Waals surface area contributed by atoms with E-state index in [1.165, 1.54) is 6.20 Å². The second-order valence-electron chi connectivity index (χ2n) is 3.42. The van der Waals surface area contributed by atoms with Gasteiger partial charge in [0.05, 0.1) is 18.4 Å². The van der Waals surface area contributed by atoms with Gasteiger partial charge in [0.15, 0.2) is 17.5 Å². The zero-order chi connectivity index (χ0) is 13.7. The Balaban J connectivity index is 2.87. The molecule has 9 heteroatoms. The first-order valence-electron chi connectivity index (χ1n) is 4.89. The Morgan fingerprint density at radius 1 is 1.50 bits per heavy atom. The summed E-state index contributed by atoms with van der Waals surface area (Å²) in [6, 6.07) is 1.72. The Morgan fingerprint density at radius 3 is 2.72 bits per heavy atom. The first-order chi connectivity index (χ1) is 8.45. The summed E-state index contributed by atoms with van der Waals surface area (Å²) in [7, 11) is 0. The number of nitrogen functional groups attached to an aromatic ring is 1. The highest BCUT2D eigenvalue weighted by molar-refractivity contribution is 5.75. The van der Waals surface area contributed by atoms with E-state index in [-0.39, 0.29) is 29.7 Å². The van der Waals surface area contributed by atoms with Gasteiger partial charge in [-0.3, -0.25) is 4.99 Å². The van der Waals surface area contributed by atoms with Crippen LogP contribution in [0.4, 0.5) is 5.82 Å². The molecule has 0 saturated heterocycles. The van der Waals surface area contributed by atoms with Crippen LogP contribution in [0.25, 0.3) is 0 Å². The molecule has 2 atom stereocenters. The van der Waals surface area contributed by atoms with Gasteiger partial charge in [-0.25, -0.2) is 9.97 Å². The number of aliphatic hydroxyl groups excluding tert-OH is 2. The number of hydrogen-bond acceptors (Lipinski definition) is 7. The second kappa shape index (κ2) is 5.76. The third-order valence-electron chi connectivity index (χ3n) is 2.05. The van der Waals surface area contributed by atoms with Crippen LogP contribution in [-0.4, -0.2) is 38.8 Å². The van der Waals surface area contributed by atoms with Crippen LogP contribution in [0.2, 0.25) is 0 Å². The topological polar surface area (TPSA) is 180 Å². The van der Waals surface area contributed by atoms with Crippen LogP contribution in [0.15, 0.2) is 11.2 Å². The van der Waals surface area contributed by atoms with Gasteiger partial charge in [0, 0.05) is 0 Å². The van der Waals surface area contributed by atoms with Crippen LogP contribution in [0.5, 0.6) is 0 Å². The molecule has 0 spiro atoms. The van der Waals surface area contributed by atoms with E-state index in [0.29, 0.717) is 0 Å². The number of rotatable bonds is 4. The minimum Gasteiger partial charge on any atom is -0.388 e. The fourth-order valence-corrected chi connectivity index (χ4v) is 1.13. The van der Waals surface area contributed by atoms with E-state index < -0.39 is 12.2 Å². The average molecular weight is 251 g/mol. The molecular weight excluding hydrogens is 238 g/mol. The molecule has 96 valence electrons. The Hall–Kier alpha value is -2.44. The molecule has 18 heavy (non-hydrogen) atoms. The number of hydrogen-bond donors (Lipinski definition) is 5. The van der Waals surface area contributed by atoms with Gasteiger partial charge >= 0.3 is 0 Å². The lowest BCUT2D eigenvalue weighted by molar-refractivity contribution is 0.0218. The molecule has 1 aromatic rings. The van der Waals surface area contributed by atoms with Gasteiger partial charge in [-0.05, 0) is 0 Å². The molecule has 0 aliphatic heterocycles. The minimum atomic E-state index is -1.37. The smallest absolute Gasteiger partial charge is 0.186 e. The van der Waals surface area contributed by atoms with Crippen molar-refractivity contribution < 1.29 is 10.2 Å². The first kappa shape index (κ1) is 13.6. The van der Waals surface area contributed by atoms with Crippen LogP contribution in [0.1, 0.15) is 17.5 Å². The number of nitriles is 1. The predicted molar refractivity (Wildman–Crippen MR) is 62.8 cm³/mol. The summed E-state index contributed by atoms with van der Waals surface area (Å²) >= 11 is 0. The lowest BCUT2D eigenvalue weighted by atomic mass is 10.1. The number of aliphatic imine (C=N–C) groups is 1. The summed E-state index contributed by atoms with van der Waals surface area (Å²) < 4.78 is 0. The molecule has 1 aromatic heterocycles. The largest absolute Gasteiger partial charge is 0.388 e. The Morgan fingerprint density at radius 2 is 2.17 bits per heavy atom. The van der Waals surface area contributed by atoms with E-state index in [0.717, 1.165) is 0 Å². The normalized spacial score (nSPS) is 13.4. The third-order valence-corrected chi connectivity index (χ3v) is 2.05. The van der Waals surface area contributed by atoms with E-state index in [1.807, 2.05) is 0 Å². The summed E-state index contributed by atoms with van der Waals surface area (Å²) in [6.07, 6.45) is -1.47. The highest BCUT2D eigenvalue weighted by Gasteiger charge is 2.21. The molecule has 0 aliphatic carbocycles. The SMILES string of the molecule is N#Cc1nc([C@@H](O)[C@@H](O)CN=C(N)N)cnc1N. The highest BCUT2D eigenvalue weighted by Crippen LogP contribution is 2.16. The number of aliphatic hydroxyl groups is 2. The monoisotopic (exact) mass is 251 g/mol. The lowest BCUT2D eigenvalue weighted by Gasteiger charge is -2.15. The van der Waals surface area contributed by atoms with Crippen LogP contribution in [0, 0.1) is 11.3 Å². The third kappa shape index (κ3) is 3.27. The van der Waals surface area contributed by atoms with Crippen LogP contribution in [0.3, 0.4) is 0 Å². The molecule has 1 heterocycles. The molecule has 0 saturated carbocycles. The molecule has 0 aliphatic rings. The van der Waals surface area contributed by atoms with E-state index in [1.54, 1.807) is 6.07 Å². The van der Waals surface area contributed by atoms with Gasteiger partial charge in [0.2, 0.25) is 0 Å². The van der Waals surface area contributed by atoms with Crippen LogP contribution >= 0.6 is 0 Å². The summed E-state index contributed by atoms with van der Waals surface area (Å²) in [4.78, 5) is 11.0. The standard InChI is InChI=1S/C9H13N7O2/c10-1-4-8(11)14-2-5(16-4)7(18)6(17)3-15-9(12)13/h2,6-7,17-18H,3H2,(H2,11,14)(H4,12,13,15)/t6-,7+/m0/s1. The molecule has 1 rings (SSSR count). The van der Waals surface area contributed by atoms with E-state index >= 15 is 0 Å². The van der Waals surface area contributed by atoms with Gasteiger partial charge < -0.3 is 27.4 Å². The van der Waals surface area contributed by atoms with Crippen LogP contribution in [-0.2, 0) is 0 Å². The number of nitrogens with two attached hydrogens (primary N) is 3. The van der Waals surface area contributed by atoms with Gasteiger partial charge in [0.25, 0.3) is 0 Å². The molecular formula is C9H13N7O2. The Labute approximate surface area is 103 Å². The summed E-state index contributed by atoms with van der Waals surface area (Å²) in [5.41, 5.74) is 15.5. The van der Waals surface area contributed by atoms with Crippen molar-refractivity contribution in [1.29, 1.82) is 5.26 Å². The van der Waals surface area contributed by atoms with E-state index in [9.17, 15) is 10.2 Å². The van der Waals surface area contributed by atoms with Crippen molar-refractivity contribution in [2.24, 2.45) is 16.5 Å². The molecule has 9 nitrogen and oxygen atoms in total. The molecule has 0 amide bonds.